The third-order valence-corrected chi connectivity index (χ3v) is 7.74. The third kappa shape index (κ3) is 5.54. The summed E-state index contributed by atoms with van der Waals surface area (Å²) in [6, 6.07) is 16.3. The molecule has 218 valence electrons. The highest BCUT2D eigenvalue weighted by Crippen LogP contribution is 2.50. The van der Waals surface area contributed by atoms with Gasteiger partial charge in [-0.05, 0) is 68.1 Å². The van der Waals surface area contributed by atoms with Crippen LogP contribution in [0.15, 0.2) is 60.8 Å². The molecule has 0 unspecified atom stereocenters. The third-order valence-electron chi connectivity index (χ3n) is 7.38. The van der Waals surface area contributed by atoms with Gasteiger partial charge in [-0.1, -0.05) is 30.3 Å². The number of halogens is 4. The van der Waals surface area contributed by atoms with Crippen LogP contribution >= 0.6 is 12.2 Å². The second-order valence-corrected chi connectivity index (χ2v) is 10.4. The van der Waals surface area contributed by atoms with Crippen LogP contribution < -0.4 is 14.5 Å². The maximum Gasteiger partial charge on any atom is 0.421 e. The fourth-order valence-electron chi connectivity index (χ4n) is 5.19. The van der Waals surface area contributed by atoms with Crippen LogP contribution in [0.5, 0.6) is 5.75 Å². The molecule has 0 N–H and O–H groups in total. The number of pyridine rings is 1. The topological polar surface area (TPSA) is 78.7 Å². The van der Waals surface area contributed by atoms with E-state index in [1.165, 1.54) is 29.2 Å². The van der Waals surface area contributed by atoms with Crippen molar-refractivity contribution in [3.8, 4) is 11.8 Å². The van der Waals surface area contributed by atoms with Gasteiger partial charge in [0, 0.05) is 24.6 Å². The van der Waals surface area contributed by atoms with E-state index in [9.17, 15) is 23.2 Å². The van der Waals surface area contributed by atoms with E-state index in [0.717, 1.165) is 29.1 Å². The second-order valence-electron chi connectivity index (χ2n) is 10.0. The van der Waals surface area contributed by atoms with E-state index in [1.807, 2.05) is 30.3 Å². The van der Waals surface area contributed by atoms with Gasteiger partial charge in [0.15, 0.2) is 22.4 Å². The predicted molar refractivity (Wildman–Crippen MR) is 150 cm³/mol. The normalized spacial score (nSPS) is 16.1. The summed E-state index contributed by atoms with van der Waals surface area (Å²) in [5.74, 6) is -1.34. The Morgan fingerprint density at radius 2 is 1.81 bits per heavy atom. The van der Waals surface area contributed by atoms with Crippen molar-refractivity contribution in [2.24, 2.45) is 0 Å². The monoisotopic (exact) mass is 598 g/mol. The first-order valence-electron chi connectivity index (χ1n) is 13.4. The molecule has 0 bridgehead atoms. The minimum atomic E-state index is -4.97. The van der Waals surface area contributed by atoms with Gasteiger partial charge in [0.2, 0.25) is 0 Å². The lowest BCUT2D eigenvalue weighted by molar-refractivity contribution is -0.137. The molecule has 2 fully saturated rings. The molecule has 1 saturated carbocycles. The van der Waals surface area contributed by atoms with Crippen molar-refractivity contribution in [3.05, 3.63) is 83.4 Å². The molecule has 1 amide bonds. The Kier molecular flexibility index (Phi) is 8.43. The number of ether oxygens (including phenoxy) is 2. The Morgan fingerprint density at radius 1 is 1.07 bits per heavy atom. The molecule has 1 aliphatic carbocycles. The van der Waals surface area contributed by atoms with Gasteiger partial charge < -0.3 is 14.4 Å². The summed E-state index contributed by atoms with van der Waals surface area (Å²) >= 11 is 5.54. The van der Waals surface area contributed by atoms with Crippen LogP contribution in [0.2, 0.25) is 0 Å². The van der Waals surface area contributed by atoms with Crippen molar-refractivity contribution < 1.29 is 31.8 Å². The lowest BCUT2D eigenvalue weighted by atomic mass is 9.75. The highest BCUT2D eigenvalue weighted by atomic mass is 32.1. The van der Waals surface area contributed by atoms with Crippen molar-refractivity contribution in [3.63, 3.8) is 0 Å². The summed E-state index contributed by atoms with van der Waals surface area (Å²) in [5, 5.41) is 9.03. The summed E-state index contributed by atoms with van der Waals surface area (Å²) in [6.07, 6.45) is -1.30. The molecule has 42 heavy (non-hydrogen) atoms. The molecule has 3 aromatic rings. The summed E-state index contributed by atoms with van der Waals surface area (Å²) < 4.78 is 68.4. The van der Waals surface area contributed by atoms with Crippen LogP contribution in [-0.2, 0) is 22.3 Å². The van der Waals surface area contributed by atoms with Crippen LogP contribution in [-0.4, -0.2) is 34.8 Å². The maximum absolute atomic E-state index is 15.1. The summed E-state index contributed by atoms with van der Waals surface area (Å²) in [6.45, 7) is 1.30. The zero-order chi connectivity index (χ0) is 29.9. The van der Waals surface area contributed by atoms with E-state index in [0.29, 0.717) is 38.9 Å². The number of thiocarbonyl (C=S) groups is 1. The molecule has 1 saturated heterocycles. The van der Waals surface area contributed by atoms with Crippen LogP contribution in [0.3, 0.4) is 0 Å². The maximum atomic E-state index is 15.1. The van der Waals surface area contributed by atoms with Gasteiger partial charge in [-0.15, -0.1) is 0 Å². The SMILES string of the molecule is N#Cc1nccc(N2C(=O)C3(CCC3)N(c3ccc(OCCCCOCc4ccccc4)c(F)c3)C2=S)c1C(F)(F)F. The smallest absolute Gasteiger partial charge is 0.421 e. The molecular weight excluding hydrogens is 572 g/mol. The zero-order valence-electron chi connectivity index (χ0n) is 22.4. The lowest BCUT2D eigenvalue weighted by Gasteiger charge is -2.43. The van der Waals surface area contributed by atoms with E-state index >= 15 is 4.39 Å². The highest BCUT2D eigenvalue weighted by molar-refractivity contribution is 7.81. The molecule has 0 atom stereocenters. The van der Waals surface area contributed by atoms with Crippen LogP contribution in [0.1, 0.15) is 48.9 Å². The number of nitriles is 1. The van der Waals surface area contributed by atoms with E-state index in [1.54, 1.807) is 0 Å². The fraction of sp³-hybridized carbons (Fsp3) is 0.333. The van der Waals surface area contributed by atoms with Crippen molar-refractivity contribution in [2.75, 3.05) is 23.0 Å². The molecule has 2 aliphatic rings. The Hall–Kier alpha value is -4.08. The number of nitrogens with zero attached hydrogens (tertiary/aromatic N) is 4. The first-order valence-corrected chi connectivity index (χ1v) is 13.8. The number of benzene rings is 2. The summed E-state index contributed by atoms with van der Waals surface area (Å²) in [5.41, 5.74) is -2.74. The first kappa shape index (κ1) is 29.4. The number of rotatable bonds is 10. The number of hydrogen-bond donors (Lipinski definition) is 0. The lowest BCUT2D eigenvalue weighted by Crippen LogP contribution is -2.55. The Morgan fingerprint density at radius 3 is 2.45 bits per heavy atom. The van der Waals surface area contributed by atoms with Crippen LogP contribution in [0.4, 0.5) is 28.9 Å². The second kappa shape index (κ2) is 12.0. The molecule has 1 spiro atoms. The number of unbranched alkanes of at least 4 members (excludes halogenated alkanes) is 1. The van der Waals surface area contributed by atoms with Crippen molar-refractivity contribution in [1.29, 1.82) is 5.26 Å². The molecule has 12 heteroatoms. The van der Waals surface area contributed by atoms with Gasteiger partial charge in [-0.2, -0.15) is 18.4 Å². The largest absolute Gasteiger partial charge is 0.491 e. The van der Waals surface area contributed by atoms with Gasteiger partial charge in [0.1, 0.15) is 17.2 Å². The van der Waals surface area contributed by atoms with E-state index in [-0.39, 0.29) is 23.2 Å². The Labute approximate surface area is 245 Å². The minimum Gasteiger partial charge on any atom is -0.491 e. The average Bonchev–Trinajstić information content (AvgIpc) is 3.19. The molecule has 2 heterocycles. The molecule has 0 radical (unpaired) electrons. The average molecular weight is 599 g/mol. The molecular formula is C30H26F4N4O3S. The zero-order valence-corrected chi connectivity index (χ0v) is 23.2. The van der Waals surface area contributed by atoms with E-state index < -0.39 is 40.4 Å². The van der Waals surface area contributed by atoms with Gasteiger partial charge in [0.05, 0.1) is 18.9 Å². The number of carbonyl (C=O) groups is 1. The number of amides is 1. The highest BCUT2D eigenvalue weighted by Gasteiger charge is 2.60. The quantitative estimate of drug-likeness (QED) is 0.149. The summed E-state index contributed by atoms with van der Waals surface area (Å²) in [4.78, 5) is 19.4. The first-order chi connectivity index (χ1) is 20.2. The Bertz CT molecular complexity index is 1520. The van der Waals surface area contributed by atoms with Gasteiger partial charge in [0.25, 0.3) is 5.91 Å². The molecule has 7 nitrogen and oxygen atoms in total. The van der Waals surface area contributed by atoms with Crippen molar-refractivity contribution in [1.82, 2.24) is 4.98 Å². The van der Waals surface area contributed by atoms with Crippen molar-refractivity contribution in [2.45, 2.75) is 50.4 Å². The number of alkyl halides is 3. The van der Waals surface area contributed by atoms with Crippen molar-refractivity contribution >= 4 is 34.6 Å². The minimum absolute atomic E-state index is 0.00654. The number of hydrogen-bond acceptors (Lipinski definition) is 6. The van der Waals surface area contributed by atoms with Gasteiger partial charge >= 0.3 is 6.18 Å². The Balaban J connectivity index is 1.28. The predicted octanol–water partition coefficient (Wildman–Crippen LogP) is 6.55. The van der Waals surface area contributed by atoms with Crippen LogP contribution in [0.25, 0.3) is 0 Å². The summed E-state index contributed by atoms with van der Waals surface area (Å²) in [7, 11) is 0. The molecule has 2 aromatic carbocycles. The van der Waals surface area contributed by atoms with Crippen LogP contribution in [0, 0.1) is 17.1 Å². The standard InChI is InChI=1S/C30H26F4N4O3S/c31-22-17-21(9-10-25(22)41-16-5-4-15-40-19-20-7-2-1-3-8-20)38-28(42)37(27(39)29(38)12-6-13-29)24-11-14-36-23(18-35)26(24)30(32,33)34/h1-3,7-11,14,17H,4-6,12-13,15-16,19H2. The van der Waals surface area contributed by atoms with Gasteiger partial charge in [-0.3, -0.25) is 9.69 Å². The van der Waals surface area contributed by atoms with E-state index in [4.69, 9.17) is 21.7 Å². The molecule has 1 aromatic heterocycles. The number of carbonyl (C=O) groups excluding carboxylic acids is 1. The van der Waals surface area contributed by atoms with Gasteiger partial charge in [-0.25, -0.2) is 9.37 Å². The fourth-order valence-corrected chi connectivity index (χ4v) is 5.65. The molecule has 5 rings (SSSR count). The number of aromatic nitrogens is 1. The molecule has 1 aliphatic heterocycles. The number of anilines is 2. The van der Waals surface area contributed by atoms with E-state index in [2.05, 4.69) is 4.98 Å².